The van der Waals surface area contributed by atoms with Crippen LogP contribution in [0.25, 0.3) is 66.1 Å². The van der Waals surface area contributed by atoms with Gasteiger partial charge in [0.25, 0.3) is 0 Å². The van der Waals surface area contributed by atoms with Crippen molar-refractivity contribution in [3.63, 3.8) is 0 Å². The van der Waals surface area contributed by atoms with Gasteiger partial charge in [-0.2, -0.15) is 0 Å². The van der Waals surface area contributed by atoms with Gasteiger partial charge in [0.2, 0.25) is 0 Å². The van der Waals surface area contributed by atoms with Crippen molar-refractivity contribution in [3.05, 3.63) is 181 Å². The fraction of sp³-hybridized carbons (Fsp3) is 0.0870. The monoisotopic (exact) mass is 603 g/mol. The van der Waals surface area contributed by atoms with Crippen molar-refractivity contribution in [2.45, 2.75) is 26.2 Å². The molecule has 7 aromatic rings. The van der Waals surface area contributed by atoms with E-state index in [-0.39, 0.29) is 0 Å². The zero-order chi connectivity index (χ0) is 31.6. The lowest BCUT2D eigenvalue weighted by molar-refractivity contribution is 1.04. The first-order valence-electron chi connectivity index (χ1n) is 16.7. The Bertz CT molecular complexity index is 2320. The van der Waals surface area contributed by atoms with E-state index in [1.165, 1.54) is 77.2 Å². The Morgan fingerprint density at radius 2 is 1.26 bits per heavy atom. The minimum atomic E-state index is 0.872. The van der Waals surface area contributed by atoms with Crippen molar-refractivity contribution in [2.75, 3.05) is 0 Å². The summed E-state index contributed by atoms with van der Waals surface area (Å²) in [5, 5.41) is 5.11. The van der Waals surface area contributed by atoms with Crippen LogP contribution in [0.2, 0.25) is 0 Å². The van der Waals surface area contributed by atoms with Gasteiger partial charge in [-0.3, -0.25) is 0 Å². The molecular weight excluding hydrogens is 567 g/mol. The highest BCUT2D eigenvalue weighted by molar-refractivity contribution is 6.10. The number of aromatic nitrogens is 1. The summed E-state index contributed by atoms with van der Waals surface area (Å²) < 4.78 is 2.38. The van der Waals surface area contributed by atoms with Crippen LogP contribution >= 0.6 is 0 Å². The van der Waals surface area contributed by atoms with Crippen LogP contribution in [0.3, 0.4) is 0 Å². The van der Waals surface area contributed by atoms with Crippen LogP contribution in [0.4, 0.5) is 0 Å². The van der Waals surface area contributed by atoms with Crippen LogP contribution in [0.5, 0.6) is 0 Å². The smallest absolute Gasteiger partial charge is 0.0540 e. The second-order valence-electron chi connectivity index (χ2n) is 12.4. The molecule has 1 aromatic heterocycles. The first-order valence-corrected chi connectivity index (χ1v) is 16.7. The van der Waals surface area contributed by atoms with E-state index in [0.29, 0.717) is 0 Å². The molecule has 1 nitrogen and oxygen atoms in total. The Balaban J connectivity index is 1.08. The molecule has 0 saturated carbocycles. The molecular formula is C46H37N. The number of nitrogens with zero attached hydrogens (tertiary/aromatic N) is 1. The van der Waals surface area contributed by atoms with Gasteiger partial charge < -0.3 is 4.57 Å². The Morgan fingerprint density at radius 3 is 1.98 bits per heavy atom. The summed E-state index contributed by atoms with van der Waals surface area (Å²) in [7, 11) is 0. The fourth-order valence-electron chi connectivity index (χ4n) is 7.00. The highest BCUT2D eigenvalue weighted by atomic mass is 15.0. The molecule has 8 rings (SSSR count). The lowest BCUT2D eigenvalue weighted by Gasteiger charge is -2.14. The molecule has 0 fully saturated rings. The first kappa shape index (κ1) is 28.8. The lowest BCUT2D eigenvalue weighted by atomic mass is 9.91. The molecule has 47 heavy (non-hydrogen) atoms. The summed E-state index contributed by atoms with van der Waals surface area (Å²) in [6.45, 7) is 2.12. The van der Waals surface area contributed by atoms with Crippen molar-refractivity contribution in [1.82, 2.24) is 4.57 Å². The van der Waals surface area contributed by atoms with Crippen LogP contribution in [0.1, 0.15) is 30.9 Å². The van der Waals surface area contributed by atoms with Gasteiger partial charge in [-0.1, -0.05) is 127 Å². The predicted octanol–water partition coefficient (Wildman–Crippen LogP) is 12.7. The summed E-state index contributed by atoms with van der Waals surface area (Å²) in [5.74, 6) is 0. The number of benzene rings is 6. The Labute approximate surface area is 277 Å². The van der Waals surface area contributed by atoms with Crippen molar-refractivity contribution in [2.24, 2.45) is 0 Å². The van der Waals surface area contributed by atoms with Gasteiger partial charge in [0.1, 0.15) is 0 Å². The van der Waals surface area contributed by atoms with Crippen LogP contribution < -0.4 is 0 Å². The molecule has 0 saturated heterocycles. The highest BCUT2D eigenvalue weighted by Crippen LogP contribution is 2.35. The normalized spacial score (nSPS) is 13.6. The van der Waals surface area contributed by atoms with E-state index in [9.17, 15) is 0 Å². The molecule has 0 atom stereocenters. The average molecular weight is 604 g/mol. The maximum absolute atomic E-state index is 2.38. The van der Waals surface area contributed by atoms with Crippen molar-refractivity contribution < 1.29 is 0 Å². The van der Waals surface area contributed by atoms with E-state index in [0.717, 1.165) is 19.3 Å². The summed E-state index contributed by atoms with van der Waals surface area (Å²) in [6.07, 6.45) is 16.8. The third-order valence-corrected chi connectivity index (χ3v) is 9.38. The van der Waals surface area contributed by atoms with Gasteiger partial charge in [0, 0.05) is 16.5 Å². The van der Waals surface area contributed by atoms with Crippen LogP contribution in [-0.2, 0) is 6.42 Å². The molecule has 6 aromatic carbocycles. The van der Waals surface area contributed by atoms with Gasteiger partial charge in [-0.15, -0.1) is 0 Å². The zero-order valence-corrected chi connectivity index (χ0v) is 26.7. The van der Waals surface area contributed by atoms with E-state index in [4.69, 9.17) is 0 Å². The van der Waals surface area contributed by atoms with Gasteiger partial charge in [-0.25, -0.2) is 0 Å². The summed E-state index contributed by atoms with van der Waals surface area (Å²) >= 11 is 0. The molecule has 0 aliphatic heterocycles. The fourth-order valence-corrected chi connectivity index (χ4v) is 7.00. The lowest BCUT2D eigenvalue weighted by Crippen LogP contribution is -1.94. The predicted molar refractivity (Wildman–Crippen MR) is 203 cm³/mol. The van der Waals surface area contributed by atoms with Gasteiger partial charge in [0.15, 0.2) is 0 Å². The molecule has 1 heterocycles. The Morgan fingerprint density at radius 1 is 0.596 bits per heavy atom. The molecule has 0 radical (unpaired) electrons. The standard InChI is InChI=1S/C46H37N/c1-2-42(47-45-22-11-9-20-43(45)44-21-10-12-23-46(44)47)19-13-14-33-24-25-37-29-38(27-26-36(37)28-33)41-31-39(34-15-5-3-6-16-34)30-40(32-41)35-17-7-4-8-18-35/h2-3,5-7,9-13,15-32H,4,8,14H2,1H3/b19-13-,42-2+. The van der Waals surface area contributed by atoms with E-state index in [2.05, 4.69) is 181 Å². The Kier molecular flexibility index (Phi) is 7.73. The average Bonchev–Trinajstić information content (AvgIpc) is 3.48. The first-order chi connectivity index (χ1) is 23.2. The van der Waals surface area contributed by atoms with Crippen molar-refractivity contribution >= 4 is 43.8 Å². The number of hydrogen-bond acceptors (Lipinski definition) is 0. The van der Waals surface area contributed by atoms with E-state index in [1.807, 2.05) is 0 Å². The van der Waals surface area contributed by atoms with E-state index in [1.54, 1.807) is 0 Å². The largest absolute Gasteiger partial charge is 0.310 e. The Hall–Kier alpha value is -5.66. The molecule has 1 heteroatoms. The van der Waals surface area contributed by atoms with Crippen LogP contribution in [0, 0.1) is 0 Å². The number of fused-ring (bicyclic) bond motifs is 4. The third-order valence-electron chi connectivity index (χ3n) is 9.38. The van der Waals surface area contributed by atoms with E-state index >= 15 is 0 Å². The number of para-hydroxylation sites is 2. The number of allylic oxidation sites excluding steroid dienone is 8. The number of rotatable bonds is 7. The molecule has 226 valence electrons. The van der Waals surface area contributed by atoms with Crippen LogP contribution in [0.15, 0.2) is 170 Å². The molecule has 0 bridgehead atoms. The van der Waals surface area contributed by atoms with Crippen molar-refractivity contribution in [3.8, 4) is 22.3 Å². The maximum atomic E-state index is 2.38. The molecule has 1 aliphatic carbocycles. The maximum Gasteiger partial charge on any atom is 0.0540 e. The minimum Gasteiger partial charge on any atom is -0.310 e. The molecule has 0 amide bonds. The number of hydrogen-bond donors (Lipinski definition) is 0. The second-order valence-corrected chi connectivity index (χ2v) is 12.4. The van der Waals surface area contributed by atoms with Crippen molar-refractivity contribution in [1.29, 1.82) is 0 Å². The SMILES string of the molecule is C/C=C(\C=C/Cc1ccc2cc(-c3cc(C4=CCCC=C4)cc(-c4ccccc4)c3)ccc2c1)n1c2ccccc2c2ccccc21. The third kappa shape index (κ3) is 5.66. The topological polar surface area (TPSA) is 4.93 Å². The van der Waals surface area contributed by atoms with E-state index < -0.39 is 0 Å². The second kappa shape index (κ2) is 12.6. The van der Waals surface area contributed by atoms with Gasteiger partial charge >= 0.3 is 0 Å². The van der Waals surface area contributed by atoms with Gasteiger partial charge in [-0.05, 0) is 118 Å². The minimum absolute atomic E-state index is 0.872. The summed E-state index contributed by atoms with van der Waals surface area (Å²) in [6, 6.07) is 48.9. The molecule has 0 spiro atoms. The molecule has 0 unspecified atom stereocenters. The zero-order valence-electron chi connectivity index (χ0n) is 26.7. The quantitative estimate of drug-likeness (QED) is 0.160. The van der Waals surface area contributed by atoms with Gasteiger partial charge in [0.05, 0.1) is 11.0 Å². The molecule has 1 aliphatic rings. The molecule has 0 N–H and O–H groups in total. The highest BCUT2D eigenvalue weighted by Gasteiger charge is 2.12. The summed E-state index contributed by atoms with van der Waals surface area (Å²) in [5.41, 5.74) is 12.5. The summed E-state index contributed by atoms with van der Waals surface area (Å²) in [4.78, 5) is 0. The van der Waals surface area contributed by atoms with Crippen LogP contribution in [-0.4, -0.2) is 4.57 Å².